The molecule has 53 heavy (non-hydrogen) atoms. The average Bonchev–Trinajstić information content (AvgIpc) is 4.07. The first-order valence-corrected chi connectivity index (χ1v) is 19.6. The average molecular weight is 749 g/mol. The lowest BCUT2D eigenvalue weighted by Crippen LogP contribution is -2.58. The third kappa shape index (κ3) is 7.84. The second-order valence-corrected chi connectivity index (χ2v) is 16.0. The van der Waals surface area contributed by atoms with Crippen LogP contribution in [0.15, 0.2) is 48.9 Å². The Labute approximate surface area is 305 Å². The Morgan fingerprint density at radius 3 is 2.68 bits per heavy atom. The van der Waals surface area contributed by atoms with Crippen LogP contribution in [0.2, 0.25) is 0 Å². The molecule has 4 amide bonds. The van der Waals surface area contributed by atoms with Crippen LogP contribution in [0.1, 0.15) is 80.9 Å². The second kappa shape index (κ2) is 14.8. The molecule has 2 saturated carbocycles. The lowest BCUT2D eigenvalue weighted by atomic mass is 10.0. The largest absolute Gasteiger partial charge is 0.471 e. The number of allylic oxidation sites excluding steroid dienone is 1. The molecule has 280 valence electrons. The van der Waals surface area contributed by atoms with Crippen molar-refractivity contribution >= 4 is 44.7 Å². The van der Waals surface area contributed by atoms with Gasteiger partial charge in [0, 0.05) is 30.8 Å². The first-order chi connectivity index (χ1) is 25.5. The van der Waals surface area contributed by atoms with Crippen molar-refractivity contribution in [1.82, 2.24) is 40.2 Å². The van der Waals surface area contributed by atoms with Crippen LogP contribution in [-0.4, -0.2) is 92.4 Å². The molecule has 0 bridgehead atoms. The number of carbonyl (C=O) groups is 4. The molecule has 0 spiro atoms. The van der Waals surface area contributed by atoms with Gasteiger partial charge in [0.15, 0.2) is 0 Å². The van der Waals surface area contributed by atoms with E-state index in [1.165, 1.54) is 41.7 Å². The van der Waals surface area contributed by atoms with E-state index in [1.807, 2.05) is 19.1 Å². The van der Waals surface area contributed by atoms with Crippen molar-refractivity contribution in [3.8, 4) is 5.88 Å². The number of benzene rings is 1. The van der Waals surface area contributed by atoms with Crippen LogP contribution in [0.25, 0.3) is 11.0 Å². The molecule has 3 aromatic rings. The number of sulfonamides is 1. The van der Waals surface area contributed by atoms with E-state index in [1.54, 1.807) is 0 Å². The van der Waals surface area contributed by atoms with Crippen molar-refractivity contribution in [3.05, 3.63) is 66.1 Å². The number of halogens is 1. The number of ether oxygens (including phenoxy) is 1. The van der Waals surface area contributed by atoms with Crippen LogP contribution in [0.3, 0.4) is 0 Å². The highest BCUT2D eigenvalue weighted by molar-refractivity contribution is 7.91. The summed E-state index contributed by atoms with van der Waals surface area (Å²) in [5, 5.41) is 4.98. The fourth-order valence-corrected chi connectivity index (χ4v) is 8.39. The van der Waals surface area contributed by atoms with Gasteiger partial charge in [0.2, 0.25) is 27.7 Å². The summed E-state index contributed by atoms with van der Waals surface area (Å²) in [7, 11) is -3.91. The van der Waals surface area contributed by atoms with Gasteiger partial charge in [-0.25, -0.2) is 27.8 Å². The van der Waals surface area contributed by atoms with Gasteiger partial charge in [0.1, 0.15) is 40.9 Å². The molecule has 2 aliphatic carbocycles. The van der Waals surface area contributed by atoms with Crippen LogP contribution < -0.4 is 20.1 Å². The summed E-state index contributed by atoms with van der Waals surface area (Å²) < 4.78 is 48.2. The minimum absolute atomic E-state index is 0.0190. The number of amides is 4. The zero-order valence-electron chi connectivity index (χ0n) is 29.2. The standard InChI is InChI=1S/C36H41FN8O7S/c1-2-25-33(42-28-16-22(37)10-13-26(28)40-25)52-23-17-30-32(47)43-36(35(49)44-53(50,51)24-11-12-24)18-21(36)8-6-4-3-5-7-9-27(34(48)45(30)20-23)41-31(46)29-19-38-14-15-39-29/h6,8,10,13-16,19,21,23-24,27,30H,2-5,7,9,11-12,17-18,20H2,1H3,(H,41,46)(H,43,47)(H,44,49)/b8-6-/t21-,23-,27+,30+,36-/m1/s1. The van der Waals surface area contributed by atoms with Crippen LogP contribution in [0.4, 0.5) is 4.39 Å². The maximum atomic E-state index is 14.5. The second-order valence-electron chi connectivity index (χ2n) is 14.1. The Morgan fingerprint density at radius 1 is 1.09 bits per heavy atom. The van der Waals surface area contributed by atoms with Gasteiger partial charge >= 0.3 is 0 Å². The van der Waals surface area contributed by atoms with Crippen molar-refractivity contribution in [1.29, 1.82) is 0 Å². The zero-order chi connectivity index (χ0) is 37.3. The predicted molar refractivity (Wildman–Crippen MR) is 188 cm³/mol. The smallest absolute Gasteiger partial charge is 0.272 e. The molecule has 17 heteroatoms. The molecule has 2 aromatic heterocycles. The monoisotopic (exact) mass is 748 g/mol. The molecule has 0 unspecified atom stereocenters. The first-order valence-electron chi connectivity index (χ1n) is 18.0. The lowest BCUT2D eigenvalue weighted by molar-refractivity contribution is -0.141. The highest BCUT2D eigenvalue weighted by Gasteiger charge is 2.62. The molecule has 5 atom stereocenters. The Morgan fingerprint density at radius 2 is 1.92 bits per heavy atom. The quantitative estimate of drug-likeness (QED) is 0.285. The van der Waals surface area contributed by atoms with Crippen molar-refractivity contribution < 1.29 is 36.7 Å². The number of aromatic nitrogens is 4. The summed E-state index contributed by atoms with van der Waals surface area (Å²) in [6.07, 6.45) is 11.6. The van der Waals surface area contributed by atoms with Gasteiger partial charge in [-0.2, -0.15) is 0 Å². The summed E-state index contributed by atoms with van der Waals surface area (Å²) in [5.41, 5.74) is -0.269. The molecule has 4 heterocycles. The van der Waals surface area contributed by atoms with Crippen molar-refractivity contribution in [2.45, 2.75) is 100 Å². The van der Waals surface area contributed by atoms with Gasteiger partial charge in [0.25, 0.3) is 11.8 Å². The molecule has 3 N–H and O–H groups in total. The minimum Gasteiger partial charge on any atom is -0.471 e. The molecule has 4 aliphatic rings. The van der Waals surface area contributed by atoms with Crippen molar-refractivity contribution in [2.75, 3.05) is 6.54 Å². The lowest BCUT2D eigenvalue weighted by Gasteiger charge is -2.29. The third-order valence-electron chi connectivity index (χ3n) is 10.2. The van der Waals surface area contributed by atoms with E-state index in [0.717, 1.165) is 12.8 Å². The number of nitrogens with zero attached hydrogens (tertiary/aromatic N) is 5. The molecule has 7 rings (SSSR count). The Hall–Kier alpha value is -5.06. The van der Waals surface area contributed by atoms with Crippen molar-refractivity contribution in [3.63, 3.8) is 0 Å². The van der Waals surface area contributed by atoms with E-state index in [0.29, 0.717) is 43.3 Å². The SMILES string of the molecule is CCc1nc2ccc(F)cc2nc1O[C@@H]1C[C@H]2C(=O)N[C@]3(C(=O)NS(=O)(=O)C4CC4)C[C@H]3/C=C\CCCCC[C@H](NC(=O)c3cnccn3)C(=O)N2C1. The number of carbonyl (C=O) groups excluding carboxylic acids is 4. The van der Waals surface area contributed by atoms with Gasteiger partial charge in [0.05, 0.1) is 29.0 Å². The maximum absolute atomic E-state index is 14.5. The fourth-order valence-electron chi connectivity index (χ4n) is 7.03. The number of nitrogens with one attached hydrogen (secondary N) is 3. The van der Waals surface area contributed by atoms with E-state index in [2.05, 4.69) is 35.3 Å². The summed E-state index contributed by atoms with van der Waals surface area (Å²) in [4.78, 5) is 74.2. The summed E-state index contributed by atoms with van der Waals surface area (Å²) in [6.45, 7) is 1.78. The van der Waals surface area contributed by atoms with Gasteiger partial charge in [-0.3, -0.25) is 28.9 Å². The summed E-state index contributed by atoms with van der Waals surface area (Å²) >= 11 is 0. The van der Waals surface area contributed by atoms with Crippen LogP contribution in [0.5, 0.6) is 5.88 Å². The van der Waals surface area contributed by atoms with E-state index < -0.39 is 74.4 Å². The van der Waals surface area contributed by atoms with Gasteiger partial charge < -0.3 is 20.3 Å². The zero-order valence-corrected chi connectivity index (χ0v) is 30.0. The van der Waals surface area contributed by atoms with E-state index in [-0.39, 0.29) is 42.9 Å². The molecule has 3 fully saturated rings. The molecule has 1 saturated heterocycles. The highest BCUT2D eigenvalue weighted by Crippen LogP contribution is 2.46. The van der Waals surface area contributed by atoms with Crippen LogP contribution >= 0.6 is 0 Å². The molecule has 2 aliphatic heterocycles. The first kappa shape index (κ1) is 36.3. The molecule has 1 aromatic carbocycles. The highest BCUT2D eigenvalue weighted by atomic mass is 32.2. The van der Waals surface area contributed by atoms with Gasteiger partial charge in [-0.05, 0) is 57.1 Å². The molecule has 15 nitrogen and oxygen atoms in total. The van der Waals surface area contributed by atoms with E-state index in [9.17, 15) is 32.0 Å². The summed E-state index contributed by atoms with van der Waals surface area (Å²) in [6, 6.07) is 1.84. The van der Waals surface area contributed by atoms with Crippen molar-refractivity contribution in [2.24, 2.45) is 5.92 Å². The fraction of sp³-hybridized carbons (Fsp3) is 0.500. The van der Waals surface area contributed by atoms with Crippen LogP contribution in [0, 0.1) is 11.7 Å². The van der Waals surface area contributed by atoms with Crippen LogP contribution in [-0.2, 0) is 30.8 Å². The number of aryl methyl sites for hydroxylation is 1. The molecule has 0 radical (unpaired) electrons. The molecular formula is C36H41FN8O7S. The maximum Gasteiger partial charge on any atom is 0.272 e. The van der Waals surface area contributed by atoms with E-state index >= 15 is 0 Å². The summed E-state index contributed by atoms with van der Waals surface area (Å²) in [5.74, 6) is -3.45. The number of fused-ring (bicyclic) bond motifs is 3. The Kier molecular flexibility index (Phi) is 10.1. The number of rotatable bonds is 8. The van der Waals surface area contributed by atoms with E-state index in [4.69, 9.17) is 4.74 Å². The Balaban J connectivity index is 1.20. The number of hydrogen-bond acceptors (Lipinski definition) is 11. The minimum atomic E-state index is -3.91. The normalized spacial score (nSPS) is 27.0. The third-order valence-corrected chi connectivity index (χ3v) is 12.0. The Bertz CT molecular complexity index is 2060. The van der Waals surface area contributed by atoms with Gasteiger partial charge in [-0.1, -0.05) is 31.9 Å². The van der Waals surface area contributed by atoms with Gasteiger partial charge in [-0.15, -0.1) is 0 Å². The topological polar surface area (TPSA) is 203 Å². The number of hydrogen-bond donors (Lipinski definition) is 3. The predicted octanol–water partition coefficient (Wildman–Crippen LogP) is 2.27. The molecular weight excluding hydrogens is 708 g/mol.